The molecular formula is C9H16ClN3OS. The van der Waals surface area contributed by atoms with Crippen LogP contribution < -0.4 is 5.32 Å². The summed E-state index contributed by atoms with van der Waals surface area (Å²) in [5.41, 5.74) is -0.0342. The lowest BCUT2D eigenvalue weighted by Crippen LogP contribution is -2.16. The third-order valence-electron chi connectivity index (χ3n) is 2.13. The zero-order valence-corrected chi connectivity index (χ0v) is 10.7. The Bertz CT molecular complexity index is 317. The summed E-state index contributed by atoms with van der Waals surface area (Å²) in [6.45, 7) is 6.25. The first kappa shape index (κ1) is 12.8. The molecule has 1 aromatic heterocycles. The van der Waals surface area contributed by atoms with Crippen molar-refractivity contribution in [3.05, 3.63) is 11.7 Å². The van der Waals surface area contributed by atoms with Gasteiger partial charge >= 0.3 is 0 Å². The van der Waals surface area contributed by atoms with E-state index in [2.05, 4.69) is 36.2 Å². The van der Waals surface area contributed by atoms with Crippen LogP contribution in [-0.4, -0.2) is 21.8 Å². The van der Waals surface area contributed by atoms with Gasteiger partial charge in [-0.25, -0.2) is 0 Å². The zero-order chi connectivity index (χ0) is 10.2. The van der Waals surface area contributed by atoms with Gasteiger partial charge in [0.15, 0.2) is 5.82 Å². The minimum Gasteiger partial charge on any atom is -0.338 e. The number of nitrogens with one attached hydrogen (secondary N) is 1. The highest BCUT2D eigenvalue weighted by molar-refractivity contribution is 7.99. The zero-order valence-electron chi connectivity index (χ0n) is 9.11. The molecule has 1 aliphatic rings. The average Bonchev–Trinajstić information content (AvgIpc) is 2.73. The molecule has 1 saturated heterocycles. The lowest BCUT2D eigenvalue weighted by Gasteiger charge is -2.11. The summed E-state index contributed by atoms with van der Waals surface area (Å²) in [7, 11) is 0. The fraction of sp³-hybridized carbons (Fsp3) is 0.778. The van der Waals surface area contributed by atoms with Crippen LogP contribution >= 0.6 is 24.2 Å². The predicted molar refractivity (Wildman–Crippen MR) is 63.4 cm³/mol. The maximum absolute atomic E-state index is 5.24. The molecule has 4 nitrogen and oxygen atoms in total. The summed E-state index contributed by atoms with van der Waals surface area (Å²) in [5, 5.41) is 7.30. The molecule has 1 N–H and O–H groups in total. The molecule has 0 aliphatic carbocycles. The maximum atomic E-state index is 5.24. The summed E-state index contributed by atoms with van der Waals surface area (Å²) in [5.74, 6) is 3.50. The van der Waals surface area contributed by atoms with Crippen molar-refractivity contribution in [1.82, 2.24) is 15.5 Å². The van der Waals surface area contributed by atoms with Crippen LogP contribution in [0.25, 0.3) is 0 Å². The van der Waals surface area contributed by atoms with Gasteiger partial charge in [-0.15, -0.1) is 24.2 Å². The molecule has 15 heavy (non-hydrogen) atoms. The minimum absolute atomic E-state index is 0. The van der Waals surface area contributed by atoms with Crippen molar-refractivity contribution in [2.45, 2.75) is 32.2 Å². The van der Waals surface area contributed by atoms with E-state index in [1.807, 2.05) is 11.8 Å². The molecule has 0 amide bonds. The van der Waals surface area contributed by atoms with Crippen molar-refractivity contribution in [2.75, 3.05) is 11.6 Å². The van der Waals surface area contributed by atoms with E-state index in [0.717, 1.165) is 23.3 Å². The van der Waals surface area contributed by atoms with Crippen LogP contribution in [0.15, 0.2) is 4.52 Å². The van der Waals surface area contributed by atoms with Crippen molar-refractivity contribution in [3.63, 3.8) is 0 Å². The van der Waals surface area contributed by atoms with Gasteiger partial charge in [-0.1, -0.05) is 25.9 Å². The molecule has 6 heteroatoms. The second-order valence-corrected chi connectivity index (χ2v) is 5.51. The van der Waals surface area contributed by atoms with Gasteiger partial charge in [0, 0.05) is 17.0 Å². The Morgan fingerprint density at radius 1 is 1.47 bits per heavy atom. The Morgan fingerprint density at radius 3 is 2.67 bits per heavy atom. The minimum atomic E-state index is -0.0342. The largest absolute Gasteiger partial charge is 0.338 e. The third kappa shape index (κ3) is 2.86. The predicted octanol–water partition coefficient (Wildman–Crippen LogP) is 2.12. The summed E-state index contributed by atoms with van der Waals surface area (Å²) in [4.78, 5) is 4.41. The van der Waals surface area contributed by atoms with Gasteiger partial charge in [0.1, 0.15) is 0 Å². The van der Waals surface area contributed by atoms with E-state index >= 15 is 0 Å². The van der Waals surface area contributed by atoms with Crippen molar-refractivity contribution in [1.29, 1.82) is 0 Å². The Morgan fingerprint density at radius 2 is 2.20 bits per heavy atom. The highest BCUT2D eigenvalue weighted by atomic mass is 35.5. The smallest absolute Gasteiger partial charge is 0.244 e. The topological polar surface area (TPSA) is 51.0 Å². The molecule has 1 fully saturated rings. The fourth-order valence-corrected chi connectivity index (χ4v) is 2.17. The summed E-state index contributed by atoms with van der Waals surface area (Å²) < 4.78 is 5.24. The molecule has 1 atom stereocenters. The molecular weight excluding hydrogens is 234 g/mol. The Kier molecular flexibility index (Phi) is 4.03. The molecule has 2 heterocycles. The Hall–Kier alpha value is -0.260. The monoisotopic (exact) mass is 249 g/mol. The first-order valence-corrected chi connectivity index (χ1v) is 5.88. The summed E-state index contributed by atoms with van der Waals surface area (Å²) in [6.07, 6.45) is 0. The van der Waals surface area contributed by atoms with Crippen LogP contribution in [-0.2, 0) is 5.41 Å². The fourth-order valence-electron chi connectivity index (χ4n) is 1.24. The molecule has 0 radical (unpaired) electrons. The lowest BCUT2D eigenvalue weighted by molar-refractivity contribution is 0.340. The molecule has 0 saturated carbocycles. The number of thioether (sulfide) groups is 1. The van der Waals surface area contributed by atoms with Gasteiger partial charge in [0.05, 0.1) is 6.04 Å². The van der Waals surface area contributed by atoms with Crippen molar-refractivity contribution in [2.24, 2.45) is 0 Å². The van der Waals surface area contributed by atoms with Crippen LogP contribution in [0, 0.1) is 0 Å². The SMILES string of the molecule is CC(C)(C)c1noc(C2CSCN2)n1.Cl. The van der Waals surface area contributed by atoms with E-state index in [1.165, 1.54) is 0 Å². The van der Waals surface area contributed by atoms with E-state index in [1.54, 1.807) is 0 Å². The summed E-state index contributed by atoms with van der Waals surface area (Å²) in [6, 6.07) is 0.239. The number of nitrogens with zero attached hydrogens (tertiary/aromatic N) is 2. The average molecular weight is 250 g/mol. The van der Waals surface area contributed by atoms with Crippen LogP contribution in [0.5, 0.6) is 0 Å². The molecule has 1 unspecified atom stereocenters. The Balaban J connectivity index is 0.00000112. The summed E-state index contributed by atoms with van der Waals surface area (Å²) >= 11 is 1.85. The van der Waals surface area contributed by atoms with Gasteiger partial charge in [0.2, 0.25) is 5.89 Å². The van der Waals surface area contributed by atoms with E-state index in [9.17, 15) is 0 Å². The number of rotatable bonds is 1. The number of halogens is 1. The van der Waals surface area contributed by atoms with Crippen LogP contribution in [0.4, 0.5) is 0 Å². The van der Waals surface area contributed by atoms with E-state index < -0.39 is 0 Å². The number of hydrogen-bond acceptors (Lipinski definition) is 5. The van der Waals surface area contributed by atoms with E-state index in [-0.39, 0.29) is 23.9 Å². The normalized spacial score (nSPS) is 21.4. The molecule has 0 spiro atoms. The Labute approximate surface area is 100.0 Å². The second-order valence-electron chi connectivity index (χ2n) is 4.48. The van der Waals surface area contributed by atoms with Gasteiger partial charge in [-0.05, 0) is 0 Å². The van der Waals surface area contributed by atoms with Gasteiger partial charge in [-0.3, -0.25) is 5.32 Å². The quantitative estimate of drug-likeness (QED) is 0.826. The standard InChI is InChI=1S/C9H15N3OS.ClH/c1-9(2,3)8-11-7(13-12-8)6-4-14-5-10-6;/h6,10H,4-5H2,1-3H3;1H. The van der Waals surface area contributed by atoms with Crippen molar-refractivity contribution >= 4 is 24.2 Å². The van der Waals surface area contributed by atoms with Crippen LogP contribution in [0.3, 0.4) is 0 Å². The first-order chi connectivity index (χ1) is 6.57. The van der Waals surface area contributed by atoms with Gasteiger partial charge in [0.25, 0.3) is 0 Å². The highest BCUT2D eigenvalue weighted by Gasteiger charge is 2.26. The van der Waals surface area contributed by atoms with Crippen molar-refractivity contribution < 1.29 is 4.52 Å². The molecule has 1 aromatic rings. The lowest BCUT2D eigenvalue weighted by atomic mass is 9.96. The van der Waals surface area contributed by atoms with Crippen LogP contribution in [0.2, 0.25) is 0 Å². The highest BCUT2D eigenvalue weighted by Crippen LogP contribution is 2.25. The molecule has 0 bridgehead atoms. The van der Waals surface area contributed by atoms with E-state index in [0.29, 0.717) is 0 Å². The van der Waals surface area contributed by atoms with Gasteiger partial charge < -0.3 is 4.52 Å². The van der Waals surface area contributed by atoms with Gasteiger partial charge in [-0.2, -0.15) is 4.98 Å². The first-order valence-electron chi connectivity index (χ1n) is 4.72. The number of aromatic nitrogens is 2. The molecule has 0 aromatic carbocycles. The third-order valence-corrected chi connectivity index (χ3v) is 3.07. The number of hydrogen-bond donors (Lipinski definition) is 1. The second kappa shape index (κ2) is 4.72. The molecule has 1 aliphatic heterocycles. The van der Waals surface area contributed by atoms with Crippen molar-refractivity contribution in [3.8, 4) is 0 Å². The maximum Gasteiger partial charge on any atom is 0.244 e. The van der Waals surface area contributed by atoms with E-state index in [4.69, 9.17) is 4.52 Å². The molecule has 2 rings (SSSR count). The van der Waals surface area contributed by atoms with Crippen LogP contribution in [0.1, 0.15) is 38.5 Å². The molecule has 86 valence electrons.